The van der Waals surface area contributed by atoms with Gasteiger partial charge in [0.15, 0.2) is 0 Å². The lowest BCUT2D eigenvalue weighted by atomic mass is 9.78. The molecule has 0 radical (unpaired) electrons. The van der Waals surface area contributed by atoms with E-state index in [-0.39, 0.29) is 82.0 Å². The number of benzene rings is 3. The van der Waals surface area contributed by atoms with Gasteiger partial charge in [-0.25, -0.2) is 13.2 Å². The van der Waals surface area contributed by atoms with E-state index < -0.39 is 25.4 Å². The Morgan fingerprint density at radius 1 is 0.508 bits per heavy atom. The van der Waals surface area contributed by atoms with Crippen LogP contribution in [0.3, 0.4) is 0 Å². The first-order valence-electron chi connectivity index (χ1n) is 19.2. The molecule has 3 aliphatic rings. The molecule has 3 aromatic carbocycles. The first kappa shape index (κ1) is 62.4. The monoisotopic (exact) mass is 938 g/mol. The lowest BCUT2D eigenvalue weighted by Crippen LogP contribution is -2.41. The molecule has 0 spiro atoms. The van der Waals surface area contributed by atoms with Crippen molar-refractivity contribution in [2.45, 2.75) is 153 Å². The highest BCUT2D eigenvalue weighted by atomic mass is 35.5. The number of rotatable bonds is 4. The Morgan fingerprint density at radius 3 is 1.14 bits per heavy atom. The minimum absolute atomic E-state index is 0. The zero-order valence-corrected chi connectivity index (χ0v) is 38.5. The summed E-state index contributed by atoms with van der Waals surface area (Å²) in [5, 5.41) is 0.194. The van der Waals surface area contributed by atoms with Crippen LogP contribution in [-0.4, -0.2) is 60.3 Å². The summed E-state index contributed by atoms with van der Waals surface area (Å²) < 4.78 is 73.5. The van der Waals surface area contributed by atoms with Crippen molar-refractivity contribution in [3.05, 3.63) is 117 Å². The van der Waals surface area contributed by atoms with Crippen molar-refractivity contribution in [3.63, 3.8) is 0 Å². The third kappa shape index (κ3) is 17.6. The van der Waals surface area contributed by atoms with E-state index in [0.29, 0.717) is 4.93 Å². The van der Waals surface area contributed by atoms with Crippen LogP contribution in [0.25, 0.3) is 12.2 Å². The SMILES string of the molecule is C.C.C.C.C/C(=C/c1ccc(F)cc1)B1OC(C)(C)C(C)(C)O1.CC1(C)OB(/C(Cl)=C\c2ccc(F)cc2)OC1(C)C.CC1(C)OB(C#Cc2ccc(F)cc2)OC1(C)C.ClCCl. The summed E-state index contributed by atoms with van der Waals surface area (Å²) in [6, 6.07) is 18.5. The Kier molecular flexibility index (Phi) is 25.0. The van der Waals surface area contributed by atoms with Gasteiger partial charge in [0.1, 0.15) is 17.5 Å². The van der Waals surface area contributed by atoms with E-state index in [1.807, 2.05) is 96.1 Å². The number of alkyl halides is 2. The molecule has 15 heteroatoms. The van der Waals surface area contributed by atoms with Crippen molar-refractivity contribution in [2.75, 3.05) is 5.34 Å². The summed E-state index contributed by atoms with van der Waals surface area (Å²) >= 11 is 15.8. The summed E-state index contributed by atoms with van der Waals surface area (Å²) in [6.45, 7) is 25.9. The smallest absolute Gasteiger partial charge is 0.400 e. The Labute approximate surface area is 395 Å². The van der Waals surface area contributed by atoms with Gasteiger partial charge in [-0.05, 0) is 161 Å². The van der Waals surface area contributed by atoms with E-state index in [2.05, 4.69) is 11.7 Å². The molecule has 63 heavy (non-hydrogen) atoms. The number of halogens is 6. The van der Waals surface area contributed by atoms with Gasteiger partial charge in [-0.2, -0.15) is 0 Å². The van der Waals surface area contributed by atoms with Gasteiger partial charge in [-0.15, -0.1) is 23.2 Å². The summed E-state index contributed by atoms with van der Waals surface area (Å²) in [7, 11) is -1.48. The molecular weight excluding hydrogens is 868 g/mol. The van der Waals surface area contributed by atoms with Crippen molar-refractivity contribution in [1.82, 2.24) is 0 Å². The molecule has 0 N–H and O–H groups in total. The maximum absolute atomic E-state index is 12.9. The molecule has 3 fully saturated rings. The second-order valence-corrected chi connectivity index (χ2v) is 18.4. The summed E-state index contributed by atoms with van der Waals surface area (Å²) in [4.78, 5) is 0.449. The van der Waals surface area contributed by atoms with Crippen molar-refractivity contribution in [3.8, 4) is 11.7 Å². The highest BCUT2D eigenvalue weighted by Gasteiger charge is 2.53. The minimum Gasteiger partial charge on any atom is -0.400 e. The van der Waals surface area contributed by atoms with E-state index in [1.165, 1.54) is 36.4 Å². The van der Waals surface area contributed by atoms with E-state index in [0.717, 1.165) is 22.2 Å². The van der Waals surface area contributed by atoms with Crippen molar-refractivity contribution in [1.29, 1.82) is 0 Å². The Balaban J connectivity index is 0. The first-order valence-corrected chi connectivity index (χ1v) is 20.6. The third-order valence-corrected chi connectivity index (χ3v) is 11.3. The number of allylic oxidation sites excluding steroid dienone is 1. The molecule has 0 amide bonds. The molecule has 3 aliphatic heterocycles. The Morgan fingerprint density at radius 2 is 0.794 bits per heavy atom. The van der Waals surface area contributed by atoms with Gasteiger partial charge in [0, 0.05) is 10.5 Å². The third-order valence-electron chi connectivity index (χ3n) is 11.0. The van der Waals surface area contributed by atoms with Crippen LogP contribution >= 0.6 is 34.8 Å². The lowest BCUT2D eigenvalue weighted by Gasteiger charge is -2.32. The van der Waals surface area contributed by atoms with Crippen molar-refractivity contribution < 1.29 is 41.1 Å². The largest absolute Gasteiger partial charge is 0.551 e. The minimum atomic E-state index is -0.586. The maximum atomic E-state index is 12.9. The van der Waals surface area contributed by atoms with E-state index in [4.69, 9.17) is 62.7 Å². The molecule has 0 bridgehead atoms. The summed E-state index contributed by atoms with van der Waals surface area (Å²) in [5.74, 6) is 5.06. The predicted octanol–water partition coefficient (Wildman–Crippen LogP) is 14.7. The van der Waals surface area contributed by atoms with Gasteiger partial charge < -0.3 is 27.9 Å². The van der Waals surface area contributed by atoms with Crippen molar-refractivity contribution in [2.24, 2.45) is 0 Å². The average Bonchev–Trinajstić information content (AvgIpc) is 3.59. The quantitative estimate of drug-likeness (QED) is 0.148. The Bertz CT molecular complexity index is 1820. The molecule has 6 nitrogen and oxygen atoms in total. The van der Waals surface area contributed by atoms with Crippen LogP contribution in [0, 0.1) is 29.2 Å². The van der Waals surface area contributed by atoms with E-state index in [9.17, 15) is 13.2 Å². The van der Waals surface area contributed by atoms with Gasteiger partial charge in [0.05, 0.1) is 38.9 Å². The topological polar surface area (TPSA) is 55.4 Å². The molecule has 3 aromatic rings. The van der Waals surface area contributed by atoms with Gasteiger partial charge in [0.25, 0.3) is 0 Å². The first-order chi connectivity index (χ1) is 27.1. The van der Waals surface area contributed by atoms with Gasteiger partial charge in [-0.1, -0.05) is 83.4 Å². The molecule has 0 saturated carbocycles. The molecule has 0 aromatic heterocycles. The van der Waals surface area contributed by atoms with Gasteiger partial charge in [-0.3, -0.25) is 0 Å². The summed E-state index contributed by atoms with van der Waals surface area (Å²) in [5.41, 5.74) is 1.18. The van der Waals surface area contributed by atoms with E-state index >= 15 is 0 Å². The van der Waals surface area contributed by atoms with Crippen LogP contribution in [0.15, 0.2) is 83.2 Å². The van der Waals surface area contributed by atoms with Crippen LogP contribution in [0.4, 0.5) is 13.2 Å². The molecule has 0 atom stereocenters. The molecule has 6 rings (SSSR count). The molecule has 3 saturated heterocycles. The van der Waals surface area contributed by atoms with Crippen LogP contribution in [0.2, 0.25) is 0 Å². The fourth-order valence-electron chi connectivity index (χ4n) is 5.24. The van der Waals surface area contributed by atoms with Crippen LogP contribution in [-0.2, 0) is 27.9 Å². The Hall–Kier alpha value is -2.69. The van der Waals surface area contributed by atoms with Crippen LogP contribution < -0.4 is 0 Å². The van der Waals surface area contributed by atoms with Crippen LogP contribution in [0.1, 0.15) is 136 Å². The maximum Gasteiger partial charge on any atom is 0.551 e. The van der Waals surface area contributed by atoms with Gasteiger partial charge >= 0.3 is 21.4 Å². The summed E-state index contributed by atoms with van der Waals surface area (Å²) in [6.07, 6.45) is 3.69. The average molecular weight is 940 g/mol. The fourth-order valence-corrected chi connectivity index (χ4v) is 5.45. The molecule has 0 unspecified atom stereocenters. The molecule has 0 aliphatic carbocycles. The predicted molar refractivity (Wildman–Crippen MR) is 265 cm³/mol. The van der Waals surface area contributed by atoms with Crippen molar-refractivity contribution >= 4 is 68.3 Å². The zero-order chi connectivity index (χ0) is 44.6. The number of hydrogen-bond acceptors (Lipinski definition) is 6. The van der Waals surface area contributed by atoms with Gasteiger partial charge in [0.2, 0.25) is 0 Å². The molecular formula is C48H71B3Cl3F3O6. The highest BCUT2D eigenvalue weighted by Crippen LogP contribution is 2.40. The fraction of sp³-hybridized carbons (Fsp3) is 0.500. The number of hydrogen-bond donors (Lipinski definition) is 0. The second kappa shape index (κ2) is 25.3. The lowest BCUT2D eigenvalue weighted by molar-refractivity contribution is 0.00578. The van der Waals surface area contributed by atoms with Crippen LogP contribution in [0.5, 0.6) is 0 Å². The highest BCUT2D eigenvalue weighted by molar-refractivity contribution is 6.71. The standard InChI is InChI=1S/C15H20BFO2.C14H17BClFO2.C14H16BFO2.CH2Cl2.4CH4/c1-11(10-12-6-8-13(17)9-7-12)16-18-14(2,3)15(4,5)19-16;1-13(2)14(3,4)19-15(18-13)12(16)9-10-5-7-11(17)8-6-10;1-13(2)14(3,4)18-15(17-13)10-9-11-5-7-12(16)8-6-11;2-1-3;;;;/h6-10H,1-5H3;5-9H,1-4H3;5-8H,1-4H3;1H2;4*1H4/b11-10-;12-9+;;;;;;. The molecule has 3 heterocycles. The normalized spacial score (nSPS) is 19.3. The molecule has 350 valence electrons. The van der Waals surface area contributed by atoms with E-state index in [1.54, 1.807) is 42.5 Å². The zero-order valence-electron chi connectivity index (χ0n) is 36.2. The second-order valence-electron chi connectivity index (χ2n) is 17.2.